The minimum Gasteiger partial charge on any atom is -0.258 e. The van der Waals surface area contributed by atoms with E-state index in [1.165, 1.54) is 12.8 Å². The van der Waals surface area contributed by atoms with E-state index in [1.807, 2.05) is 27.7 Å². The Morgan fingerprint density at radius 2 is 1.62 bits per heavy atom. The molecule has 0 saturated heterocycles. The third-order valence-electron chi connectivity index (χ3n) is 1.98. The van der Waals surface area contributed by atoms with Crippen LogP contribution in [0.2, 0.25) is 0 Å². The predicted octanol–water partition coefficient (Wildman–Crippen LogP) is 3.97. The molecule has 0 radical (unpaired) electrons. The molecule has 0 spiro atoms. The zero-order valence-corrected chi connectivity index (χ0v) is 9.35. The van der Waals surface area contributed by atoms with E-state index in [2.05, 4.69) is 18.2 Å². The molecule has 0 aromatic rings. The molecule has 1 aliphatic rings. The van der Waals surface area contributed by atoms with Crippen LogP contribution in [0.4, 0.5) is 0 Å². The molecule has 0 heterocycles. The van der Waals surface area contributed by atoms with Crippen molar-refractivity contribution in [3.05, 3.63) is 24.4 Å². The van der Waals surface area contributed by atoms with Crippen molar-refractivity contribution in [2.45, 2.75) is 40.5 Å². The van der Waals surface area contributed by atoms with Crippen molar-refractivity contribution < 1.29 is 0 Å². The third kappa shape index (κ3) is 4.66. The van der Waals surface area contributed by atoms with Gasteiger partial charge in [-0.1, -0.05) is 27.0 Å². The number of rotatable bonds is 3. The van der Waals surface area contributed by atoms with Gasteiger partial charge in [-0.05, 0) is 32.3 Å². The molecule has 1 fully saturated rings. The van der Waals surface area contributed by atoms with Crippen LogP contribution in [0.3, 0.4) is 0 Å². The lowest BCUT2D eigenvalue weighted by Gasteiger charge is -1.99. The highest BCUT2D eigenvalue weighted by Crippen LogP contribution is 2.36. The van der Waals surface area contributed by atoms with Crippen LogP contribution in [0.25, 0.3) is 0 Å². The van der Waals surface area contributed by atoms with Gasteiger partial charge in [0.1, 0.15) is 0 Å². The fraction of sp³-hybridized carbons (Fsp3) is 0.583. The average molecular weight is 179 g/mol. The third-order valence-corrected chi connectivity index (χ3v) is 1.98. The molecule has 74 valence electrons. The van der Waals surface area contributed by atoms with Gasteiger partial charge in [0.05, 0.1) is 0 Å². The summed E-state index contributed by atoms with van der Waals surface area (Å²) in [7, 11) is 0. The second-order valence-electron chi connectivity index (χ2n) is 3.24. The summed E-state index contributed by atoms with van der Waals surface area (Å²) in [5.74, 6) is 0.671. The first-order valence-corrected chi connectivity index (χ1v) is 5.01. The van der Waals surface area contributed by atoms with Gasteiger partial charge < -0.3 is 0 Å². The van der Waals surface area contributed by atoms with Crippen molar-refractivity contribution in [1.29, 1.82) is 0 Å². The Hall–Kier alpha value is -0.850. The molecule has 0 aromatic heterocycles. The molecule has 13 heavy (non-hydrogen) atoms. The van der Waals surface area contributed by atoms with Gasteiger partial charge in [-0.15, -0.1) is 0 Å². The summed E-state index contributed by atoms with van der Waals surface area (Å²) in [5.41, 5.74) is 3.08. The molecule has 0 atom stereocenters. The van der Waals surface area contributed by atoms with Crippen LogP contribution in [0.15, 0.2) is 29.4 Å². The molecular weight excluding hydrogens is 158 g/mol. The summed E-state index contributed by atoms with van der Waals surface area (Å²) in [6, 6.07) is 0. The number of nitrogens with zero attached hydrogens (tertiary/aromatic N) is 1. The first kappa shape index (κ1) is 12.2. The summed E-state index contributed by atoms with van der Waals surface area (Å²) in [4.78, 5) is 4.36. The smallest absolute Gasteiger partial charge is 0.0399 e. The van der Waals surface area contributed by atoms with E-state index in [0.717, 1.165) is 17.0 Å². The highest BCUT2D eigenvalue weighted by atomic mass is 14.8. The molecule has 1 nitrogen and oxygen atoms in total. The second kappa shape index (κ2) is 5.74. The lowest BCUT2D eigenvalue weighted by molar-refractivity contribution is 0.987. The summed E-state index contributed by atoms with van der Waals surface area (Å²) >= 11 is 0. The monoisotopic (exact) mass is 179 g/mol. The topological polar surface area (TPSA) is 12.4 Å². The Labute approximate surface area is 82.3 Å². The summed E-state index contributed by atoms with van der Waals surface area (Å²) < 4.78 is 0. The molecule has 1 rings (SSSR count). The minimum atomic E-state index is 0.671. The first-order valence-electron chi connectivity index (χ1n) is 5.01. The zero-order chi connectivity index (χ0) is 10.4. The van der Waals surface area contributed by atoms with Gasteiger partial charge in [-0.25, -0.2) is 0 Å². The van der Waals surface area contributed by atoms with Crippen LogP contribution >= 0.6 is 0 Å². The standard InChI is InChI=1S/C10H15N.C2H6/c1-7(2)8(3)11-9(4)10-5-6-10;1-2/h10H,1,4-6H2,2-3H3;1-2H3. The molecule has 0 N–H and O–H groups in total. The van der Waals surface area contributed by atoms with Crippen LogP contribution < -0.4 is 0 Å². The largest absolute Gasteiger partial charge is 0.258 e. The van der Waals surface area contributed by atoms with E-state index < -0.39 is 0 Å². The van der Waals surface area contributed by atoms with E-state index >= 15 is 0 Å². The van der Waals surface area contributed by atoms with Crippen molar-refractivity contribution >= 4 is 5.71 Å². The van der Waals surface area contributed by atoms with Gasteiger partial charge in [0, 0.05) is 17.3 Å². The van der Waals surface area contributed by atoms with Gasteiger partial charge in [0.15, 0.2) is 0 Å². The number of hydrogen-bond donors (Lipinski definition) is 0. The normalized spacial score (nSPS) is 15.8. The Bertz CT molecular complexity index is 219. The zero-order valence-electron chi connectivity index (χ0n) is 9.35. The lowest BCUT2D eigenvalue weighted by atomic mass is 10.2. The number of aliphatic imine (C=N–C) groups is 1. The second-order valence-corrected chi connectivity index (χ2v) is 3.24. The van der Waals surface area contributed by atoms with Crippen LogP contribution in [-0.2, 0) is 0 Å². The van der Waals surface area contributed by atoms with Gasteiger partial charge in [-0.3, -0.25) is 4.99 Å². The minimum absolute atomic E-state index is 0.671. The molecule has 1 saturated carbocycles. The molecule has 1 aliphatic carbocycles. The fourth-order valence-corrected chi connectivity index (χ4v) is 0.819. The molecule has 0 aliphatic heterocycles. The summed E-state index contributed by atoms with van der Waals surface area (Å²) in [6.45, 7) is 15.7. The van der Waals surface area contributed by atoms with Crippen molar-refractivity contribution in [3.8, 4) is 0 Å². The van der Waals surface area contributed by atoms with E-state index in [-0.39, 0.29) is 0 Å². The Kier molecular flexibility index (Phi) is 5.36. The first-order chi connectivity index (χ1) is 6.11. The SMILES string of the molecule is C=C(C)C(C)=NC(=C)C1CC1.CC. The summed E-state index contributed by atoms with van der Waals surface area (Å²) in [6.07, 6.45) is 2.54. The Morgan fingerprint density at radius 1 is 1.15 bits per heavy atom. The van der Waals surface area contributed by atoms with Crippen molar-refractivity contribution in [1.82, 2.24) is 0 Å². The molecule has 0 aromatic carbocycles. The quantitative estimate of drug-likeness (QED) is 0.581. The highest BCUT2D eigenvalue weighted by molar-refractivity contribution is 5.97. The van der Waals surface area contributed by atoms with Crippen molar-refractivity contribution in [2.75, 3.05) is 0 Å². The van der Waals surface area contributed by atoms with Crippen LogP contribution in [0.5, 0.6) is 0 Å². The van der Waals surface area contributed by atoms with E-state index in [0.29, 0.717) is 5.92 Å². The molecule has 1 heteroatoms. The maximum atomic E-state index is 4.36. The van der Waals surface area contributed by atoms with Crippen LogP contribution in [0.1, 0.15) is 40.5 Å². The van der Waals surface area contributed by atoms with Gasteiger partial charge >= 0.3 is 0 Å². The van der Waals surface area contributed by atoms with Gasteiger partial charge in [0.25, 0.3) is 0 Å². The number of hydrogen-bond acceptors (Lipinski definition) is 1. The Morgan fingerprint density at radius 3 is 1.92 bits per heavy atom. The van der Waals surface area contributed by atoms with Crippen molar-refractivity contribution in [2.24, 2.45) is 10.9 Å². The van der Waals surface area contributed by atoms with Gasteiger partial charge in [-0.2, -0.15) is 0 Å². The maximum absolute atomic E-state index is 4.36. The summed E-state index contributed by atoms with van der Waals surface area (Å²) in [5, 5.41) is 0. The fourth-order valence-electron chi connectivity index (χ4n) is 0.819. The molecule has 0 bridgehead atoms. The van der Waals surface area contributed by atoms with Crippen LogP contribution in [-0.4, -0.2) is 5.71 Å². The Balaban J connectivity index is 0.000000671. The average Bonchev–Trinajstić information content (AvgIpc) is 2.90. The molecular formula is C12H21N. The highest BCUT2D eigenvalue weighted by Gasteiger charge is 2.24. The predicted molar refractivity (Wildman–Crippen MR) is 61.1 cm³/mol. The maximum Gasteiger partial charge on any atom is 0.0399 e. The van der Waals surface area contributed by atoms with E-state index in [4.69, 9.17) is 0 Å². The molecule has 0 amide bonds. The van der Waals surface area contributed by atoms with Crippen molar-refractivity contribution in [3.63, 3.8) is 0 Å². The van der Waals surface area contributed by atoms with E-state index in [1.54, 1.807) is 0 Å². The van der Waals surface area contributed by atoms with Gasteiger partial charge in [0.2, 0.25) is 0 Å². The van der Waals surface area contributed by atoms with E-state index in [9.17, 15) is 0 Å². The van der Waals surface area contributed by atoms with Crippen LogP contribution in [0, 0.1) is 5.92 Å². The number of allylic oxidation sites excluding steroid dienone is 2. The molecule has 0 unspecified atom stereocenters. The lowest BCUT2D eigenvalue weighted by Crippen LogP contribution is -1.93.